The maximum atomic E-state index is 13.6. The summed E-state index contributed by atoms with van der Waals surface area (Å²) in [5.41, 5.74) is 1.44. The van der Waals surface area contributed by atoms with Gasteiger partial charge in [-0.05, 0) is 36.8 Å². The molecule has 0 saturated heterocycles. The summed E-state index contributed by atoms with van der Waals surface area (Å²) in [6.45, 7) is 2.67. The molecular weight excluding hydrogens is 461 g/mol. The molecule has 0 radical (unpaired) electrons. The van der Waals surface area contributed by atoms with Gasteiger partial charge in [0.15, 0.2) is 0 Å². The minimum absolute atomic E-state index is 0.269. The van der Waals surface area contributed by atoms with Gasteiger partial charge in [0.25, 0.3) is 0 Å². The summed E-state index contributed by atoms with van der Waals surface area (Å²) < 4.78 is 7.09. The number of hydrogen-bond donors (Lipinski definition) is 1. The molecule has 2 aromatic carbocycles. The van der Waals surface area contributed by atoms with Crippen LogP contribution in [-0.2, 0) is 17.7 Å². The Hall–Kier alpha value is -2.31. The fourth-order valence-electron chi connectivity index (χ4n) is 3.63. The number of carboxylic acid groups (broad SMARTS) is 1. The van der Waals surface area contributed by atoms with Crippen LogP contribution in [0.15, 0.2) is 47.3 Å². The lowest BCUT2D eigenvalue weighted by atomic mass is 9.94. The summed E-state index contributed by atoms with van der Waals surface area (Å²) in [7, 11) is 1.57. The molecule has 0 spiro atoms. The largest absolute Gasteiger partial charge is 0.477 e. The van der Waals surface area contributed by atoms with Crippen molar-refractivity contribution in [2.24, 2.45) is 0 Å². The van der Waals surface area contributed by atoms with Gasteiger partial charge < -0.3 is 14.4 Å². The number of nitrogens with zero attached hydrogens (tertiary/aromatic N) is 1. The summed E-state index contributed by atoms with van der Waals surface area (Å²) in [6.07, 6.45) is 0.408. The standard InChI is InChI=1S/C23H20Cl3NO4/c1-3-27-18(10-11-31-2)19(13-4-7-15(24)8-5-13)22(28)20(23(29)30)21(27)14-6-9-16(25)17(26)12-14/h4-9,12H,3,10-11H2,1-2H3,(H,29,30). The van der Waals surface area contributed by atoms with Crippen LogP contribution < -0.4 is 5.43 Å². The van der Waals surface area contributed by atoms with Crippen LogP contribution in [0, 0.1) is 0 Å². The third-order valence-electron chi connectivity index (χ3n) is 4.97. The van der Waals surface area contributed by atoms with Crippen molar-refractivity contribution in [1.29, 1.82) is 0 Å². The number of ether oxygens (including phenoxy) is 1. The van der Waals surface area contributed by atoms with E-state index in [9.17, 15) is 14.7 Å². The van der Waals surface area contributed by atoms with E-state index >= 15 is 0 Å². The maximum absolute atomic E-state index is 13.6. The molecule has 0 bridgehead atoms. The highest BCUT2D eigenvalue weighted by Crippen LogP contribution is 2.33. The Bertz CT molecular complexity index is 1190. The van der Waals surface area contributed by atoms with Crippen molar-refractivity contribution in [2.75, 3.05) is 13.7 Å². The first kappa shape index (κ1) is 23.4. The number of aromatic carboxylic acids is 1. The van der Waals surface area contributed by atoms with E-state index < -0.39 is 11.4 Å². The first-order chi connectivity index (χ1) is 14.8. The highest BCUT2D eigenvalue weighted by Gasteiger charge is 2.27. The molecule has 0 aliphatic rings. The topological polar surface area (TPSA) is 68.5 Å². The molecule has 162 valence electrons. The van der Waals surface area contributed by atoms with Crippen LogP contribution in [0.4, 0.5) is 0 Å². The van der Waals surface area contributed by atoms with Gasteiger partial charge >= 0.3 is 5.97 Å². The summed E-state index contributed by atoms with van der Waals surface area (Å²) >= 11 is 18.3. The van der Waals surface area contributed by atoms with Crippen LogP contribution in [0.2, 0.25) is 15.1 Å². The van der Waals surface area contributed by atoms with Crippen LogP contribution in [0.5, 0.6) is 0 Å². The molecule has 1 aromatic heterocycles. The molecule has 1 N–H and O–H groups in total. The predicted molar refractivity (Wildman–Crippen MR) is 125 cm³/mol. The number of aromatic nitrogens is 1. The van der Waals surface area contributed by atoms with Gasteiger partial charge in [0.2, 0.25) is 5.43 Å². The fraction of sp³-hybridized carbons (Fsp3) is 0.217. The van der Waals surface area contributed by atoms with Gasteiger partial charge in [-0.3, -0.25) is 4.79 Å². The first-order valence-electron chi connectivity index (χ1n) is 9.53. The molecule has 0 amide bonds. The normalized spacial score (nSPS) is 11.0. The van der Waals surface area contributed by atoms with E-state index in [1.165, 1.54) is 0 Å². The number of methoxy groups -OCH3 is 1. The van der Waals surface area contributed by atoms with E-state index in [0.717, 1.165) is 0 Å². The molecule has 3 rings (SSSR count). The molecule has 31 heavy (non-hydrogen) atoms. The average Bonchev–Trinajstić information content (AvgIpc) is 2.74. The Morgan fingerprint density at radius 1 is 1.03 bits per heavy atom. The monoisotopic (exact) mass is 479 g/mol. The molecule has 1 heterocycles. The van der Waals surface area contributed by atoms with Gasteiger partial charge in [-0.25, -0.2) is 4.79 Å². The molecule has 0 saturated carbocycles. The zero-order chi connectivity index (χ0) is 22.7. The highest BCUT2D eigenvalue weighted by molar-refractivity contribution is 6.42. The van der Waals surface area contributed by atoms with Gasteiger partial charge in [0.05, 0.1) is 22.3 Å². The zero-order valence-electron chi connectivity index (χ0n) is 16.9. The summed E-state index contributed by atoms with van der Waals surface area (Å²) in [5, 5.41) is 11.1. The smallest absolute Gasteiger partial charge is 0.341 e. The molecule has 0 aliphatic carbocycles. The quantitative estimate of drug-likeness (QED) is 0.447. The lowest BCUT2D eigenvalue weighted by molar-refractivity contribution is 0.0695. The third-order valence-corrected chi connectivity index (χ3v) is 5.97. The Morgan fingerprint density at radius 2 is 1.68 bits per heavy atom. The van der Waals surface area contributed by atoms with Crippen LogP contribution in [0.3, 0.4) is 0 Å². The minimum Gasteiger partial charge on any atom is -0.477 e. The minimum atomic E-state index is -1.32. The van der Waals surface area contributed by atoms with Crippen molar-refractivity contribution >= 4 is 40.8 Å². The summed E-state index contributed by atoms with van der Waals surface area (Å²) in [5.74, 6) is -1.32. The van der Waals surface area contributed by atoms with E-state index in [4.69, 9.17) is 39.5 Å². The Balaban J connectivity index is 2.47. The average molecular weight is 481 g/mol. The van der Waals surface area contributed by atoms with Gasteiger partial charge in [-0.2, -0.15) is 0 Å². The van der Waals surface area contributed by atoms with E-state index in [1.54, 1.807) is 49.6 Å². The number of halogens is 3. The summed E-state index contributed by atoms with van der Waals surface area (Å²) in [4.78, 5) is 25.8. The van der Waals surface area contributed by atoms with Crippen LogP contribution in [0.1, 0.15) is 23.0 Å². The Labute approximate surface area is 194 Å². The molecule has 3 aromatic rings. The van der Waals surface area contributed by atoms with Crippen molar-refractivity contribution in [2.45, 2.75) is 19.9 Å². The predicted octanol–water partition coefficient (Wildman–Crippen LogP) is 6.05. The van der Waals surface area contributed by atoms with Crippen molar-refractivity contribution in [1.82, 2.24) is 4.57 Å². The fourth-order valence-corrected chi connectivity index (χ4v) is 4.06. The zero-order valence-corrected chi connectivity index (χ0v) is 19.2. The van der Waals surface area contributed by atoms with Crippen LogP contribution >= 0.6 is 34.8 Å². The summed E-state index contributed by atoms with van der Waals surface area (Å²) in [6, 6.07) is 11.6. The second-order valence-electron chi connectivity index (χ2n) is 6.80. The molecule has 0 aliphatic heterocycles. The SMILES string of the molecule is CCn1c(CCOC)c(-c2ccc(Cl)cc2)c(=O)c(C(=O)O)c1-c1ccc(Cl)c(Cl)c1. The number of benzene rings is 2. The van der Waals surface area contributed by atoms with Crippen molar-refractivity contribution in [3.8, 4) is 22.4 Å². The number of carbonyl (C=O) groups is 1. The molecule has 8 heteroatoms. The van der Waals surface area contributed by atoms with Gasteiger partial charge in [0.1, 0.15) is 5.56 Å². The van der Waals surface area contributed by atoms with E-state index in [-0.39, 0.29) is 16.3 Å². The number of rotatable bonds is 7. The third kappa shape index (κ3) is 4.65. The second kappa shape index (κ2) is 9.88. The number of pyridine rings is 1. The molecule has 0 fully saturated rings. The number of carboxylic acids is 1. The van der Waals surface area contributed by atoms with Crippen molar-refractivity contribution in [3.63, 3.8) is 0 Å². The van der Waals surface area contributed by atoms with Gasteiger partial charge in [-0.15, -0.1) is 0 Å². The Morgan fingerprint density at radius 3 is 2.23 bits per heavy atom. The van der Waals surface area contributed by atoms with E-state index in [2.05, 4.69) is 0 Å². The number of hydrogen-bond acceptors (Lipinski definition) is 3. The molecule has 0 unspecified atom stereocenters. The Kier molecular flexibility index (Phi) is 7.44. The highest BCUT2D eigenvalue weighted by atomic mass is 35.5. The molecular formula is C23H20Cl3NO4. The lowest BCUT2D eigenvalue weighted by Gasteiger charge is -2.23. The van der Waals surface area contributed by atoms with E-state index in [1.807, 2.05) is 11.5 Å². The van der Waals surface area contributed by atoms with Crippen LogP contribution in [0.25, 0.3) is 22.4 Å². The lowest BCUT2D eigenvalue weighted by Crippen LogP contribution is -2.27. The van der Waals surface area contributed by atoms with Gasteiger partial charge in [-0.1, -0.05) is 53.0 Å². The van der Waals surface area contributed by atoms with Gasteiger partial charge in [0, 0.05) is 41.9 Å². The van der Waals surface area contributed by atoms with Crippen LogP contribution in [-0.4, -0.2) is 29.4 Å². The first-order valence-corrected chi connectivity index (χ1v) is 10.7. The molecule has 0 atom stereocenters. The van der Waals surface area contributed by atoms with Crippen molar-refractivity contribution in [3.05, 3.63) is 79.0 Å². The van der Waals surface area contributed by atoms with E-state index in [0.29, 0.717) is 52.0 Å². The second-order valence-corrected chi connectivity index (χ2v) is 8.05. The maximum Gasteiger partial charge on any atom is 0.341 e. The molecule has 5 nitrogen and oxygen atoms in total. The van der Waals surface area contributed by atoms with Crippen molar-refractivity contribution < 1.29 is 14.6 Å².